The molecule has 2 bridgehead atoms. The van der Waals surface area contributed by atoms with E-state index in [0.29, 0.717) is 0 Å². The molecule has 2 aliphatic heterocycles. The lowest BCUT2D eigenvalue weighted by atomic mass is 9.90. The highest BCUT2D eigenvalue weighted by Gasteiger charge is 2.63. The monoisotopic (exact) mass is 549 g/mol. The molecule has 0 radical (unpaired) electrons. The maximum absolute atomic E-state index is 12.1. The van der Waals surface area contributed by atoms with Gasteiger partial charge in [-0.2, -0.15) is 13.6 Å². The van der Waals surface area contributed by atoms with Crippen LogP contribution in [0.4, 0.5) is 5.95 Å². The SMILES string of the molecule is Nc1nc2c(ncn2[C@@H]2O[C@@]3(COP(=O)(O)OP(=O)(O)OP(=O)(O)O)COC2C3CO)c(=O)[nH]1. The van der Waals surface area contributed by atoms with Crippen molar-refractivity contribution in [2.45, 2.75) is 17.9 Å². The van der Waals surface area contributed by atoms with Crippen LogP contribution in [-0.4, -0.2) is 75.7 Å². The Hall–Kier alpha value is -1.56. The van der Waals surface area contributed by atoms with Crippen LogP contribution in [0, 0.1) is 5.92 Å². The van der Waals surface area contributed by atoms with Crippen LogP contribution in [0.25, 0.3) is 11.2 Å². The minimum Gasteiger partial charge on any atom is -0.396 e. The number of imidazole rings is 1. The summed E-state index contributed by atoms with van der Waals surface area (Å²) in [6, 6.07) is 0. The Morgan fingerprint density at radius 2 is 1.94 bits per heavy atom. The Bertz CT molecular complexity index is 1310. The number of H-pyrrole nitrogens is 1. The Kier molecular flexibility index (Phi) is 6.41. The highest BCUT2D eigenvalue weighted by atomic mass is 31.3. The largest absolute Gasteiger partial charge is 0.490 e. The van der Waals surface area contributed by atoms with Crippen LogP contribution in [0.3, 0.4) is 0 Å². The van der Waals surface area contributed by atoms with E-state index in [0.717, 1.165) is 0 Å². The van der Waals surface area contributed by atoms with E-state index in [2.05, 4.69) is 23.6 Å². The second-order valence-corrected chi connectivity index (χ2v) is 11.7. The van der Waals surface area contributed by atoms with Gasteiger partial charge in [-0.05, 0) is 0 Å². The Morgan fingerprint density at radius 3 is 2.59 bits per heavy atom. The fraction of sp³-hybridized carbons (Fsp3) is 0.583. The topological polar surface area (TPSA) is 288 Å². The summed E-state index contributed by atoms with van der Waals surface area (Å²) >= 11 is 0. The third-order valence-corrected chi connectivity index (χ3v) is 8.82. The van der Waals surface area contributed by atoms with Gasteiger partial charge in [0.2, 0.25) is 5.95 Å². The molecule has 2 aromatic heterocycles. The van der Waals surface area contributed by atoms with Crippen LogP contribution in [-0.2, 0) is 36.3 Å². The number of nitrogens with two attached hydrogens (primary N) is 1. The number of phosphoric ester groups is 1. The first-order chi connectivity index (χ1) is 15.7. The zero-order chi connectivity index (χ0) is 25.1. The van der Waals surface area contributed by atoms with Crippen molar-refractivity contribution in [2.75, 3.05) is 25.6 Å². The van der Waals surface area contributed by atoms with Crippen molar-refractivity contribution in [1.82, 2.24) is 19.5 Å². The summed E-state index contributed by atoms with van der Waals surface area (Å²) < 4.78 is 59.3. The van der Waals surface area contributed by atoms with Gasteiger partial charge in [0.1, 0.15) is 11.7 Å². The van der Waals surface area contributed by atoms with Crippen molar-refractivity contribution in [3.05, 3.63) is 16.7 Å². The van der Waals surface area contributed by atoms with Gasteiger partial charge >= 0.3 is 23.5 Å². The number of anilines is 1. The number of aromatic amines is 1. The molecule has 190 valence electrons. The number of hydrogen-bond donors (Lipinski definition) is 7. The molecule has 2 fully saturated rings. The van der Waals surface area contributed by atoms with Crippen LogP contribution < -0.4 is 11.3 Å². The zero-order valence-corrected chi connectivity index (χ0v) is 19.3. The van der Waals surface area contributed by atoms with Gasteiger partial charge in [-0.3, -0.25) is 18.9 Å². The van der Waals surface area contributed by atoms with Crippen LogP contribution >= 0.6 is 23.5 Å². The number of ether oxygens (including phenoxy) is 2. The van der Waals surface area contributed by atoms with E-state index >= 15 is 0 Å². The van der Waals surface area contributed by atoms with Crippen LogP contribution in [0.5, 0.6) is 0 Å². The molecule has 0 amide bonds. The average Bonchev–Trinajstić information content (AvgIpc) is 3.32. The molecule has 0 spiro atoms. The summed E-state index contributed by atoms with van der Waals surface area (Å²) in [6.45, 7) is -1.64. The smallest absolute Gasteiger partial charge is 0.396 e. The molecule has 0 aromatic carbocycles. The van der Waals surface area contributed by atoms with Crippen molar-refractivity contribution in [2.24, 2.45) is 5.92 Å². The van der Waals surface area contributed by atoms with Crippen LogP contribution in [0.1, 0.15) is 6.23 Å². The molecule has 34 heavy (non-hydrogen) atoms. The van der Waals surface area contributed by atoms with Gasteiger partial charge in [0, 0.05) is 5.92 Å². The normalized spacial score (nSPS) is 30.4. The van der Waals surface area contributed by atoms with Gasteiger partial charge in [0.05, 0.1) is 26.1 Å². The van der Waals surface area contributed by atoms with E-state index in [-0.39, 0.29) is 23.7 Å². The van der Waals surface area contributed by atoms with Crippen LogP contribution in [0.15, 0.2) is 11.1 Å². The van der Waals surface area contributed by atoms with E-state index in [1.165, 1.54) is 10.9 Å². The molecule has 6 atom stereocenters. The van der Waals surface area contributed by atoms with Gasteiger partial charge < -0.3 is 39.9 Å². The fourth-order valence-electron chi connectivity index (χ4n) is 3.76. The Balaban J connectivity index is 1.55. The number of nitrogens with zero attached hydrogens (tertiary/aromatic N) is 3. The zero-order valence-electron chi connectivity index (χ0n) is 16.6. The quantitative estimate of drug-likeness (QED) is 0.172. The van der Waals surface area contributed by atoms with Crippen molar-refractivity contribution in [3.8, 4) is 0 Å². The van der Waals surface area contributed by atoms with Gasteiger partial charge in [-0.15, -0.1) is 0 Å². The molecule has 4 unspecified atom stereocenters. The van der Waals surface area contributed by atoms with E-state index < -0.39 is 66.1 Å². The lowest BCUT2D eigenvalue weighted by molar-refractivity contribution is -0.182. The molecular weight excluding hydrogens is 531 g/mol. The number of fused-ring (bicyclic) bond motifs is 3. The fourth-order valence-corrected chi connectivity index (χ4v) is 6.84. The Labute approximate surface area is 187 Å². The van der Waals surface area contributed by atoms with Crippen molar-refractivity contribution >= 4 is 40.6 Å². The third-order valence-electron chi connectivity index (χ3n) is 5.04. The summed E-state index contributed by atoms with van der Waals surface area (Å²) in [4.78, 5) is 58.5. The second kappa shape index (κ2) is 8.53. The maximum Gasteiger partial charge on any atom is 0.490 e. The summed E-state index contributed by atoms with van der Waals surface area (Å²) in [5, 5.41) is 9.89. The number of phosphoric acid groups is 3. The summed E-state index contributed by atoms with van der Waals surface area (Å²) in [7, 11) is -16.7. The lowest BCUT2D eigenvalue weighted by Gasteiger charge is -2.32. The Morgan fingerprint density at radius 1 is 1.24 bits per heavy atom. The molecule has 2 aromatic rings. The van der Waals surface area contributed by atoms with Crippen LogP contribution in [0.2, 0.25) is 0 Å². The highest BCUT2D eigenvalue weighted by molar-refractivity contribution is 7.66. The number of aliphatic hydroxyl groups excluding tert-OH is 1. The minimum atomic E-state index is -5.72. The van der Waals surface area contributed by atoms with Gasteiger partial charge in [-0.1, -0.05) is 0 Å². The van der Waals surface area contributed by atoms with E-state index in [4.69, 9.17) is 29.5 Å². The number of rotatable bonds is 9. The molecule has 2 saturated heterocycles. The van der Waals surface area contributed by atoms with Gasteiger partial charge in [-0.25, -0.2) is 18.7 Å². The lowest BCUT2D eigenvalue weighted by Crippen LogP contribution is -2.43. The molecule has 0 saturated carbocycles. The number of aromatic nitrogens is 4. The molecule has 8 N–H and O–H groups in total. The van der Waals surface area contributed by atoms with E-state index in [9.17, 15) is 33.4 Å². The number of hydrogen-bond acceptors (Lipinski definition) is 13. The molecule has 22 heteroatoms. The van der Waals surface area contributed by atoms with Crippen molar-refractivity contribution in [1.29, 1.82) is 0 Å². The summed E-state index contributed by atoms with van der Waals surface area (Å²) in [6.07, 6.45) is -0.700. The third kappa shape index (κ3) is 4.89. The summed E-state index contributed by atoms with van der Waals surface area (Å²) in [5.41, 5.74) is 3.34. The molecule has 4 rings (SSSR count). The van der Waals surface area contributed by atoms with E-state index in [1.807, 2.05) is 0 Å². The standard InChI is InChI=1S/C12H18N5O14P3/c13-11-15-8-6(9(19)16-11)14-4-17(8)10-7-5(1-18)12(29-10,2-27-7)3-28-33(23,24)31-34(25,26)30-32(20,21)22/h4-5,7,10,18H,1-3H2,(H,23,24)(H,25,26)(H2,20,21,22)(H3,13,15,16,19)/t5?,7?,10-,12-/m1/s1. The molecule has 0 aliphatic carbocycles. The van der Waals surface area contributed by atoms with E-state index in [1.54, 1.807) is 0 Å². The average molecular weight is 549 g/mol. The number of aliphatic hydroxyl groups is 1. The first kappa shape index (κ1) is 25.5. The first-order valence-electron chi connectivity index (χ1n) is 9.06. The summed E-state index contributed by atoms with van der Waals surface area (Å²) in [5.74, 6) is -1.06. The number of nitrogens with one attached hydrogen (secondary N) is 1. The van der Waals surface area contributed by atoms with Gasteiger partial charge in [0.25, 0.3) is 5.56 Å². The maximum atomic E-state index is 12.1. The number of nitrogen functional groups attached to an aromatic ring is 1. The van der Waals surface area contributed by atoms with Crippen molar-refractivity contribution < 1.29 is 61.0 Å². The predicted molar refractivity (Wildman–Crippen MR) is 106 cm³/mol. The molecule has 4 heterocycles. The van der Waals surface area contributed by atoms with Gasteiger partial charge in [0.15, 0.2) is 17.4 Å². The predicted octanol–water partition coefficient (Wildman–Crippen LogP) is -1.68. The first-order valence-corrected chi connectivity index (χ1v) is 13.6. The molecular formula is C12H18N5O14P3. The molecule has 19 nitrogen and oxygen atoms in total. The molecule has 2 aliphatic rings. The minimum absolute atomic E-state index is 0.0297. The second-order valence-electron chi connectivity index (χ2n) is 7.28. The van der Waals surface area contributed by atoms with Crippen molar-refractivity contribution in [3.63, 3.8) is 0 Å². The highest BCUT2D eigenvalue weighted by Crippen LogP contribution is 2.66.